The van der Waals surface area contributed by atoms with Crippen LogP contribution >= 0.6 is 0 Å². The van der Waals surface area contributed by atoms with Gasteiger partial charge in [0.15, 0.2) is 0 Å². The highest BCUT2D eigenvalue weighted by Gasteiger charge is 2.23. The SMILES string of the molecule is O=CC1C=CC2=CCc3cccc4ccc1c2c34. The predicted molar refractivity (Wildman–Crippen MR) is 73.6 cm³/mol. The molecule has 1 heteroatoms. The maximum atomic E-state index is 11.2. The number of hydrogen-bond donors (Lipinski definition) is 0. The first-order chi connectivity index (χ1) is 8.88. The van der Waals surface area contributed by atoms with E-state index in [0.29, 0.717) is 0 Å². The van der Waals surface area contributed by atoms with Crippen molar-refractivity contribution >= 4 is 22.6 Å². The van der Waals surface area contributed by atoms with Crippen molar-refractivity contribution in [1.82, 2.24) is 0 Å². The van der Waals surface area contributed by atoms with Crippen LogP contribution in [0.3, 0.4) is 0 Å². The van der Waals surface area contributed by atoms with Crippen LogP contribution in [0.4, 0.5) is 0 Å². The molecule has 0 spiro atoms. The van der Waals surface area contributed by atoms with Gasteiger partial charge in [0, 0.05) is 0 Å². The molecular weight excluding hydrogens is 220 g/mol. The number of benzene rings is 2. The van der Waals surface area contributed by atoms with Gasteiger partial charge >= 0.3 is 0 Å². The molecule has 1 atom stereocenters. The summed E-state index contributed by atoms with van der Waals surface area (Å²) in [5.41, 5.74) is 5.06. The second-order valence-electron chi connectivity index (χ2n) is 4.93. The van der Waals surface area contributed by atoms with Gasteiger partial charge in [-0.25, -0.2) is 0 Å². The van der Waals surface area contributed by atoms with Crippen molar-refractivity contribution in [2.24, 2.45) is 0 Å². The first-order valence-corrected chi connectivity index (χ1v) is 6.27. The maximum absolute atomic E-state index is 11.2. The molecule has 0 heterocycles. The molecule has 0 radical (unpaired) electrons. The molecule has 0 aliphatic heterocycles. The quantitative estimate of drug-likeness (QED) is 0.686. The van der Waals surface area contributed by atoms with Crippen LogP contribution in [0.25, 0.3) is 16.3 Å². The van der Waals surface area contributed by atoms with E-state index in [1.165, 1.54) is 27.5 Å². The molecule has 2 aromatic rings. The zero-order chi connectivity index (χ0) is 12.1. The topological polar surface area (TPSA) is 17.1 Å². The molecule has 0 fully saturated rings. The fraction of sp³-hybridized carbons (Fsp3) is 0.118. The van der Waals surface area contributed by atoms with Gasteiger partial charge in [0.05, 0.1) is 5.92 Å². The summed E-state index contributed by atoms with van der Waals surface area (Å²) < 4.78 is 0. The van der Waals surface area contributed by atoms with E-state index in [9.17, 15) is 4.79 Å². The maximum Gasteiger partial charge on any atom is 0.131 e. The highest BCUT2D eigenvalue weighted by Crippen LogP contribution is 2.41. The van der Waals surface area contributed by atoms with E-state index in [1.807, 2.05) is 6.08 Å². The molecule has 1 nitrogen and oxygen atoms in total. The molecule has 2 aromatic carbocycles. The summed E-state index contributed by atoms with van der Waals surface area (Å²) in [6.07, 6.45) is 8.37. The van der Waals surface area contributed by atoms with E-state index in [0.717, 1.165) is 18.3 Å². The van der Waals surface area contributed by atoms with Crippen molar-refractivity contribution in [3.63, 3.8) is 0 Å². The molecule has 2 aliphatic rings. The predicted octanol–water partition coefficient (Wildman–Crippen LogP) is 3.63. The van der Waals surface area contributed by atoms with Gasteiger partial charge in [-0.15, -0.1) is 0 Å². The molecule has 0 N–H and O–H groups in total. The van der Waals surface area contributed by atoms with Crippen LogP contribution in [0, 0.1) is 0 Å². The number of hydrogen-bond acceptors (Lipinski definition) is 1. The van der Waals surface area contributed by atoms with Crippen molar-refractivity contribution in [2.75, 3.05) is 0 Å². The van der Waals surface area contributed by atoms with Gasteiger partial charge in [0.25, 0.3) is 0 Å². The number of rotatable bonds is 1. The second kappa shape index (κ2) is 3.42. The lowest BCUT2D eigenvalue weighted by Crippen LogP contribution is -2.09. The zero-order valence-corrected chi connectivity index (χ0v) is 9.89. The summed E-state index contributed by atoms with van der Waals surface area (Å²) >= 11 is 0. The summed E-state index contributed by atoms with van der Waals surface area (Å²) in [7, 11) is 0. The third-order valence-electron chi connectivity index (χ3n) is 3.98. The van der Waals surface area contributed by atoms with Crippen molar-refractivity contribution in [2.45, 2.75) is 12.3 Å². The molecule has 2 aliphatic carbocycles. The Kier molecular flexibility index (Phi) is 1.87. The Hall–Kier alpha value is -2.15. The molecule has 18 heavy (non-hydrogen) atoms. The van der Waals surface area contributed by atoms with Crippen LogP contribution in [0.2, 0.25) is 0 Å². The Bertz CT molecular complexity index is 735. The van der Waals surface area contributed by atoms with Gasteiger partial charge in [-0.3, -0.25) is 0 Å². The van der Waals surface area contributed by atoms with Gasteiger partial charge in [0.1, 0.15) is 6.29 Å². The number of carbonyl (C=O) groups is 1. The third kappa shape index (κ3) is 1.14. The molecule has 1 unspecified atom stereocenters. The van der Waals surface area contributed by atoms with Crippen LogP contribution < -0.4 is 0 Å². The molecule has 4 rings (SSSR count). The average Bonchev–Trinajstić information content (AvgIpc) is 2.44. The van der Waals surface area contributed by atoms with Gasteiger partial charge in [-0.05, 0) is 39.5 Å². The fourth-order valence-corrected chi connectivity index (χ4v) is 3.13. The van der Waals surface area contributed by atoms with Gasteiger partial charge < -0.3 is 4.79 Å². The minimum atomic E-state index is -0.0901. The van der Waals surface area contributed by atoms with Crippen molar-refractivity contribution in [1.29, 1.82) is 0 Å². The second-order valence-corrected chi connectivity index (χ2v) is 4.93. The summed E-state index contributed by atoms with van der Waals surface area (Å²) in [6, 6.07) is 10.7. The van der Waals surface area contributed by atoms with Crippen LogP contribution in [0.15, 0.2) is 48.6 Å². The minimum absolute atomic E-state index is 0.0901. The summed E-state index contributed by atoms with van der Waals surface area (Å²) in [4.78, 5) is 11.2. The molecule has 0 saturated carbocycles. The Labute approximate surface area is 105 Å². The van der Waals surface area contributed by atoms with Crippen LogP contribution in [0.1, 0.15) is 22.6 Å². The normalized spacial score (nSPS) is 19.8. The molecule has 0 saturated heterocycles. The van der Waals surface area contributed by atoms with Gasteiger partial charge in [-0.1, -0.05) is 48.6 Å². The van der Waals surface area contributed by atoms with E-state index in [-0.39, 0.29) is 5.92 Å². The lowest BCUT2D eigenvalue weighted by atomic mass is 9.78. The zero-order valence-electron chi connectivity index (χ0n) is 9.89. The molecule has 0 aromatic heterocycles. The first-order valence-electron chi connectivity index (χ1n) is 6.27. The molecule has 0 bridgehead atoms. The Morgan fingerprint density at radius 2 is 2.11 bits per heavy atom. The van der Waals surface area contributed by atoms with Crippen LogP contribution in [0.5, 0.6) is 0 Å². The van der Waals surface area contributed by atoms with Crippen molar-refractivity contribution < 1.29 is 4.79 Å². The highest BCUT2D eigenvalue weighted by atomic mass is 16.1. The van der Waals surface area contributed by atoms with E-state index >= 15 is 0 Å². The lowest BCUT2D eigenvalue weighted by Gasteiger charge is -2.25. The standard InChI is InChI=1S/C17H12O/c18-10-14-7-6-13-5-4-11-2-1-3-12-8-9-15(14)17(13)16(11)12/h1-3,5-10,14H,4H2. The van der Waals surface area contributed by atoms with E-state index in [2.05, 4.69) is 42.5 Å². The fourth-order valence-electron chi connectivity index (χ4n) is 3.13. The number of allylic oxidation sites excluding steroid dienone is 4. The Balaban J connectivity index is 2.19. The van der Waals surface area contributed by atoms with E-state index in [4.69, 9.17) is 0 Å². The van der Waals surface area contributed by atoms with Crippen LogP contribution in [-0.2, 0) is 11.2 Å². The lowest BCUT2D eigenvalue weighted by molar-refractivity contribution is -0.108. The molecule has 86 valence electrons. The highest BCUT2D eigenvalue weighted by molar-refractivity contribution is 6.03. The van der Waals surface area contributed by atoms with E-state index < -0.39 is 0 Å². The number of aldehydes is 1. The largest absolute Gasteiger partial charge is 0.302 e. The van der Waals surface area contributed by atoms with Crippen LogP contribution in [-0.4, -0.2) is 6.29 Å². The Morgan fingerprint density at radius 3 is 3.00 bits per heavy atom. The van der Waals surface area contributed by atoms with Gasteiger partial charge in [-0.2, -0.15) is 0 Å². The molecule has 0 amide bonds. The summed E-state index contributed by atoms with van der Waals surface area (Å²) in [6.45, 7) is 0. The van der Waals surface area contributed by atoms with Gasteiger partial charge in [0.2, 0.25) is 0 Å². The summed E-state index contributed by atoms with van der Waals surface area (Å²) in [5.74, 6) is -0.0901. The third-order valence-corrected chi connectivity index (χ3v) is 3.98. The number of carbonyl (C=O) groups excluding carboxylic acids is 1. The van der Waals surface area contributed by atoms with E-state index in [1.54, 1.807) is 0 Å². The molecular formula is C17H12O. The van der Waals surface area contributed by atoms with Crippen molar-refractivity contribution in [3.8, 4) is 0 Å². The van der Waals surface area contributed by atoms with Crippen molar-refractivity contribution in [3.05, 3.63) is 65.3 Å². The monoisotopic (exact) mass is 232 g/mol. The summed E-state index contributed by atoms with van der Waals surface area (Å²) in [5, 5.41) is 2.61. The minimum Gasteiger partial charge on any atom is -0.302 e. The first kappa shape index (κ1) is 9.84. The smallest absolute Gasteiger partial charge is 0.131 e. The Morgan fingerprint density at radius 1 is 1.17 bits per heavy atom. The average molecular weight is 232 g/mol.